The smallest absolute Gasteiger partial charge is 0.120 e. The van der Waals surface area contributed by atoms with E-state index in [2.05, 4.69) is 0 Å². The zero-order chi connectivity index (χ0) is 9.84. The van der Waals surface area contributed by atoms with Crippen LogP contribution in [-0.2, 0) is 6.42 Å². The van der Waals surface area contributed by atoms with Crippen LogP contribution in [0.1, 0.15) is 18.9 Å². The number of aromatic hydroxyl groups is 1. The number of phenols is 1. The van der Waals surface area contributed by atoms with Crippen LogP contribution in [0.25, 0.3) is 0 Å². The molecule has 0 amide bonds. The minimum absolute atomic E-state index is 0.135. The third-order valence-electron chi connectivity index (χ3n) is 1.94. The molecule has 72 valence electrons. The molecular formula is C10H14ClNO. The molecule has 0 saturated heterocycles. The van der Waals surface area contributed by atoms with Crippen LogP contribution in [-0.4, -0.2) is 11.1 Å². The van der Waals surface area contributed by atoms with Gasteiger partial charge >= 0.3 is 0 Å². The van der Waals surface area contributed by atoms with Gasteiger partial charge in [0.15, 0.2) is 0 Å². The van der Waals surface area contributed by atoms with E-state index in [1.54, 1.807) is 18.2 Å². The van der Waals surface area contributed by atoms with Crippen molar-refractivity contribution in [1.82, 2.24) is 0 Å². The van der Waals surface area contributed by atoms with Gasteiger partial charge in [0.05, 0.1) is 0 Å². The first-order valence-electron chi connectivity index (χ1n) is 4.33. The summed E-state index contributed by atoms with van der Waals surface area (Å²) in [6.45, 7) is 1.94. The van der Waals surface area contributed by atoms with E-state index in [0.717, 1.165) is 18.4 Å². The van der Waals surface area contributed by atoms with Gasteiger partial charge < -0.3 is 10.8 Å². The number of halogens is 1. The fourth-order valence-electron chi connectivity index (χ4n) is 1.17. The van der Waals surface area contributed by atoms with Gasteiger partial charge in [-0.05, 0) is 31.9 Å². The van der Waals surface area contributed by atoms with Gasteiger partial charge in [-0.2, -0.15) is 0 Å². The summed E-state index contributed by atoms with van der Waals surface area (Å²) >= 11 is 5.91. The van der Waals surface area contributed by atoms with Crippen LogP contribution in [0.5, 0.6) is 5.75 Å². The van der Waals surface area contributed by atoms with E-state index in [1.165, 1.54) is 0 Å². The molecule has 0 aromatic heterocycles. The highest BCUT2D eigenvalue weighted by Crippen LogP contribution is 2.26. The Labute approximate surface area is 83.3 Å². The molecule has 1 atom stereocenters. The highest BCUT2D eigenvalue weighted by molar-refractivity contribution is 6.31. The summed E-state index contributed by atoms with van der Waals surface area (Å²) in [4.78, 5) is 0. The molecule has 0 radical (unpaired) electrons. The van der Waals surface area contributed by atoms with Crippen LogP contribution < -0.4 is 5.73 Å². The van der Waals surface area contributed by atoms with E-state index < -0.39 is 0 Å². The standard InChI is InChI=1S/C10H14ClNO/c1-7(12)5-6-8-9(11)3-2-4-10(8)13/h2-4,7,13H,5-6,12H2,1H3/t7-/m1/s1. The molecule has 0 aliphatic rings. The predicted octanol–water partition coefficient (Wildman–Crippen LogP) is 2.33. The lowest BCUT2D eigenvalue weighted by Gasteiger charge is -2.08. The highest BCUT2D eigenvalue weighted by Gasteiger charge is 2.06. The van der Waals surface area contributed by atoms with E-state index in [0.29, 0.717) is 5.02 Å². The van der Waals surface area contributed by atoms with Crippen LogP contribution in [0.4, 0.5) is 0 Å². The quantitative estimate of drug-likeness (QED) is 0.785. The summed E-state index contributed by atoms with van der Waals surface area (Å²) in [6.07, 6.45) is 1.56. The van der Waals surface area contributed by atoms with Crippen molar-refractivity contribution in [2.75, 3.05) is 0 Å². The number of hydrogen-bond acceptors (Lipinski definition) is 2. The maximum atomic E-state index is 9.48. The lowest BCUT2D eigenvalue weighted by atomic mass is 10.1. The fourth-order valence-corrected chi connectivity index (χ4v) is 1.43. The second kappa shape index (κ2) is 4.49. The second-order valence-electron chi connectivity index (χ2n) is 3.25. The molecule has 2 nitrogen and oxygen atoms in total. The molecule has 1 rings (SSSR count). The SMILES string of the molecule is C[C@@H](N)CCc1c(O)cccc1Cl. The predicted molar refractivity (Wildman–Crippen MR) is 55.1 cm³/mol. The summed E-state index contributed by atoms with van der Waals surface area (Å²) in [6, 6.07) is 5.28. The largest absolute Gasteiger partial charge is 0.508 e. The molecule has 0 heterocycles. The van der Waals surface area contributed by atoms with Crippen LogP contribution >= 0.6 is 11.6 Å². The average molecular weight is 200 g/mol. The molecular weight excluding hydrogens is 186 g/mol. The summed E-state index contributed by atoms with van der Waals surface area (Å²) in [7, 11) is 0. The van der Waals surface area contributed by atoms with Crippen molar-refractivity contribution in [3.8, 4) is 5.75 Å². The van der Waals surface area contributed by atoms with E-state index in [1.807, 2.05) is 6.92 Å². The van der Waals surface area contributed by atoms with Crippen molar-refractivity contribution in [1.29, 1.82) is 0 Å². The summed E-state index contributed by atoms with van der Waals surface area (Å²) in [5.41, 5.74) is 6.41. The van der Waals surface area contributed by atoms with E-state index in [4.69, 9.17) is 17.3 Å². The first-order chi connectivity index (χ1) is 6.11. The van der Waals surface area contributed by atoms with Gasteiger partial charge in [-0.25, -0.2) is 0 Å². The van der Waals surface area contributed by atoms with Crippen molar-refractivity contribution >= 4 is 11.6 Å². The second-order valence-corrected chi connectivity index (χ2v) is 3.66. The third-order valence-corrected chi connectivity index (χ3v) is 2.30. The first kappa shape index (κ1) is 10.4. The lowest BCUT2D eigenvalue weighted by Crippen LogP contribution is -2.15. The molecule has 0 unspecified atom stereocenters. The molecule has 0 saturated carbocycles. The molecule has 3 heteroatoms. The monoisotopic (exact) mass is 199 g/mol. The van der Waals surface area contributed by atoms with Gasteiger partial charge in [-0.1, -0.05) is 17.7 Å². The first-order valence-corrected chi connectivity index (χ1v) is 4.71. The van der Waals surface area contributed by atoms with E-state index in [-0.39, 0.29) is 11.8 Å². The number of phenolic OH excluding ortho intramolecular Hbond substituents is 1. The maximum absolute atomic E-state index is 9.48. The molecule has 1 aromatic rings. The maximum Gasteiger partial charge on any atom is 0.120 e. The van der Waals surface area contributed by atoms with Crippen molar-refractivity contribution in [2.45, 2.75) is 25.8 Å². The van der Waals surface area contributed by atoms with Crippen LogP contribution in [0, 0.1) is 0 Å². The zero-order valence-corrected chi connectivity index (χ0v) is 8.38. The Hall–Kier alpha value is -0.730. The Balaban J connectivity index is 2.75. The molecule has 13 heavy (non-hydrogen) atoms. The molecule has 0 fully saturated rings. The molecule has 1 aromatic carbocycles. The molecule has 0 aliphatic heterocycles. The number of rotatable bonds is 3. The molecule has 3 N–H and O–H groups in total. The summed E-state index contributed by atoms with van der Waals surface area (Å²) in [5.74, 6) is 0.258. The fraction of sp³-hybridized carbons (Fsp3) is 0.400. The van der Waals surface area contributed by atoms with Crippen molar-refractivity contribution in [3.05, 3.63) is 28.8 Å². The van der Waals surface area contributed by atoms with E-state index >= 15 is 0 Å². The number of benzene rings is 1. The third kappa shape index (κ3) is 2.90. The van der Waals surface area contributed by atoms with Gasteiger partial charge in [-0.3, -0.25) is 0 Å². The van der Waals surface area contributed by atoms with Gasteiger partial charge in [0.1, 0.15) is 5.75 Å². The van der Waals surface area contributed by atoms with Crippen molar-refractivity contribution in [2.24, 2.45) is 5.73 Å². The van der Waals surface area contributed by atoms with Crippen LogP contribution in [0.2, 0.25) is 5.02 Å². The van der Waals surface area contributed by atoms with Crippen LogP contribution in [0.15, 0.2) is 18.2 Å². The lowest BCUT2D eigenvalue weighted by molar-refractivity contribution is 0.466. The Morgan fingerprint density at radius 1 is 1.54 bits per heavy atom. The zero-order valence-electron chi connectivity index (χ0n) is 7.63. The van der Waals surface area contributed by atoms with Crippen molar-refractivity contribution in [3.63, 3.8) is 0 Å². The molecule has 0 bridgehead atoms. The van der Waals surface area contributed by atoms with Crippen LogP contribution in [0.3, 0.4) is 0 Å². The average Bonchev–Trinajstić information content (AvgIpc) is 2.03. The van der Waals surface area contributed by atoms with Gasteiger partial charge in [-0.15, -0.1) is 0 Å². The topological polar surface area (TPSA) is 46.2 Å². The molecule has 0 spiro atoms. The minimum Gasteiger partial charge on any atom is -0.508 e. The summed E-state index contributed by atoms with van der Waals surface area (Å²) < 4.78 is 0. The Morgan fingerprint density at radius 3 is 2.77 bits per heavy atom. The number of nitrogens with two attached hydrogens (primary N) is 1. The molecule has 0 aliphatic carbocycles. The Morgan fingerprint density at radius 2 is 2.23 bits per heavy atom. The Bertz CT molecular complexity index is 266. The minimum atomic E-state index is 0.135. The van der Waals surface area contributed by atoms with Gasteiger partial charge in [0.25, 0.3) is 0 Å². The Kier molecular flexibility index (Phi) is 3.58. The highest BCUT2D eigenvalue weighted by atomic mass is 35.5. The van der Waals surface area contributed by atoms with E-state index in [9.17, 15) is 5.11 Å². The van der Waals surface area contributed by atoms with Crippen molar-refractivity contribution < 1.29 is 5.11 Å². The number of hydrogen-bond donors (Lipinski definition) is 2. The van der Waals surface area contributed by atoms with Gasteiger partial charge in [0.2, 0.25) is 0 Å². The van der Waals surface area contributed by atoms with Gasteiger partial charge in [0, 0.05) is 16.6 Å². The summed E-state index contributed by atoms with van der Waals surface area (Å²) in [5, 5.41) is 10.1. The normalized spacial score (nSPS) is 12.8.